The lowest BCUT2D eigenvalue weighted by atomic mass is 10.1. The van der Waals surface area contributed by atoms with Crippen molar-refractivity contribution < 1.29 is 23.1 Å². The van der Waals surface area contributed by atoms with Crippen LogP contribution in [-0.2, 0) is 16.0 Å². The molecule has 0 saturated heterocycles. The van der Waals surface area contributed by atoms with Crippen LogP contribution in [0.25, 0.3) is 0 Å². The van der Waals surface area contributed by atoms with Crippen molar-refractivity contribution in [1.29, 1.82) is 0 Å². The number of thioether (sulfide) groups is 1. The average molecular weight is 345 g/mol. The molecule has 0 aromatic heterocycles. The minimum Gasteiger partial charge on any atom is -0.444 e. The summed E-state index contributed by atoms with van der Waals surface area (Å²) in [6.07, 6.45) is -0.605. The normalized spacial score (nSPS) is 12.6. The van der Waals surface area contributed by atoms with Gasteiger partial charge in [-0.2, -0.15) is 0 Å². The summed E-state index contributed by atoms with van der Waals surface area (Å²) in [6, 6.07) is 2.58. The zero-order chi connectivity index (χ0) is 17.6. The zero-order valence-corrected chi connectivity index (χ0v) is 14.4. The van der Waals surface area contributed by atoms with Crippen LogP contribution in [-0.4, -0.2) is 28.6 Å². The number of alkyl carbamates (subject to hydrolysis) is 1. The number of rotatable bonds is 5. The molecule has 23 heavy (non-hydrogen) atoms. The lowest BCUT2D eigenvalue weighted by Crippen LogP contribution is -2.41. The molecule has 0 fully saturated rings. The quantitative estimate of drug-likeness (QED) is 0.884. The molecule has 4 nitrogen and oxygen atoms in total. The Morgan fingerprint density at radius 2 is 1.96 bits per heavy atom. The first-order valence-corrected chi connectivity index (χ1v) is 8.12. The fraction of sp³-hybridized carbons (Fsp3) is 0.500. The van der Waals surface area contributed by atoms with Gasteiger partial charge in [0.05, 0.1) is 0 Å². The Kier molecular flexibility index (Phi) is 7.00. The molecule has 0 aliphatic rings. The van der Waals surface area contributed by atoms with E-state index in [1.807, 2.05) is 0 Å². The van der Waals surface area contributed by atoms with Gasteiger partial charge in [-0.3, -0.25) is 4.79 Å². The van der Waals surface area contributed by atoms with Crippen molar-refractivity contribution in [3.05, 3.63) is 35.4 Å². The van der Waals surface area contributed by atoms with E-state index in [1.54, 1.807) is 20.8 Å². The van der Waals surface area contributed by atoms with Crippen molar-refractivity contribution in [2.45, 2.75) is 45.8 Å². The molecule has 1 rings (SSSR count). The molecule has 1 unspecified atom stereocenters. The minimum atomic E-state index is -0.674. The van der Waals surface area contributed by atoms with E-state index >= 15 is 0 Å². The van der Waals surface area contributed by atoms with Gasteiger partial charge in [0, 0.05) is 18.7 Å². The van der Waals surface area contributed by atoms with Crippen LogP contribution in [0.15, 0.2) is 18.2 Å². The van der Waals surface area contributed by atoms with Gasteiger partial charge in [0.1, 0.15) is 17.2 Å². The van der Waals surface area contributed by atoms with Gasteiger partial charge in [-0.1, -0.05) is 11.8 Å². The van der Waals surface area contributed by atoms with E-state index in [-0.39, 0.29) is 22.9 Å². The Hall–Kier alpha value is -1.63. The Bertz CT molecular complexity index is 573. The van der Waals surface area contributed by atoms with E-state index in [4.69, 9.17) is 4.74 Å². The fourth-order valence-electron chi connectivity index (χ4n) is 1.81. The molecule has 0 spiro atoms. The molecule has 0 radical (unpaired) electrons. The number of halogens is 2. The molecular formula is C16H21F2NO3S. The highest BCUT2D eigenvalue weighted by Gasteiger charge is 2.21. The van der Waals surface area contributed by atoms with Crippen molar-refractivity contribution in [3.8, 4) is 0 Å². The lowest BCUT2D eigenvalue weighted by molar-refractivity contribution is -0.109. The molecule has 1 amide bonds. The Morgan fingerprint density at radius 3 is 2.52 bits per heavy atom. The van der Waals surface area contributed by atoms with Crippen LogP contribution >= 0.6 is 11.8 Å². The molecule has 0 bridgehead atoms. The smallest absolute Gasteiger partial charge is 0.407 e. The molecule has 1 N–H and O–H groups in total. The molecule has 0 aliphatic heterocycles. The Labute approximate surface area is 139 Å². The second-order valence-corrected chi connectivity index (χ2v) is 7.28. The van der Waals surface area contributed by atoms with Crippen LogP contribution < -0.4 is 5.32 Å². The van der Waals surface area contributed by atoms with E-state index in [0.29, 0.717) is 0 Å². The summed E-state index contributed by atoms with van der Waals surface area (Å²) in [5, 5.41) is 2.48. The van der Waals surface area contributed by atoms with Crippen molar-refractivity contribution >= 4 is 23.0 Å². The third kappa shape index (κ3) is 7.97. The summed E-state index contributed by atoms with van der Waals surface area (Å²) in [7, 11) is 0. The second kappa shape index (κ2) is 8.29. The number of ether oxygens (including phenoxy) is 1. The zero-order valence-electron chi connectivity index (χ0n) is 13.6. The standard InChI is InChI=1S/C16H21F2NO3S/c1-10(20)23-9-13(19-15(21)22-16(2,3)4)8-11-7-12(17)5-6-14(11)18/h5-7,13H,8-9H2,1-4H3,(H,19,21). The maximum Gasteiger partial charge on any atom is 0.407 e. The molecule has 0 aliphatic carbocycles. The lowest BCUT2D eigenvalue weighted by Gasteiger charge is -2.23. The van der Waals surface area contributed by atoms with Gasteiger partial charge >= 0.3 is 6.09 Å². The third-order valence-corrected chi connectivity index (χ3v) is 3.66. The van der Waals surface area contributed by atoms with E-state index in [2.05, 4.69) is 5.32 Å². The number of hydrogen-bond acceptors (Lipinski definition) is 4. The van der Waals surface area contributed by atoms with Crippen LogP contribution in [0.2, 0.25) is 0 Å². The van der Waals surface area contributed by atoms with E-state index in [0.717, 1.165) is 30.0 Å². The van der Waals surface area contributed by atoms with Crippen molar-refractivity contribution in [2.24, 2.45) is 0 Å². The minimum absolute atomic E-state index is 0.0586. The summed E-state index contributed by atoms with van der Waals surface area (Å²) in [5.74, 6) is -0.878. The number of nitrogens with one attached hydrogen (secondary N) is 1. The first-order valence-electron chi connectivity index (χ1n) is 7.13. The number of carbonyl (C=O) groups excluding carboxylic acids is 2. The molecule has 1 atom stereocenters. The van der Waals surface area contributed by atoms with Gasteiger partial charge in [0.2, 0.25) is 0 Å². The fourth-order valence-corrected chi connectivity index (χ4v) is 2.45. The van der Waals surface area contributed by atoms with E-state index in [1.165, 1.54) is 6.92 Å². The topological polar surface area (TPSA) is 55.4 Å². The van der Waals surface area contributed by atoms with Gasteiger partial charge in [0.15, 0.2) is 5.12 Å². The Morgan fingerprint density at radius 1 is 1.30 bits per heavy atom. The summed E-state index contributed by atoms with van der Waals surface area (Å²) >= 11 is 1.00. The average Bonchev–Trinajstić information content (AvgIpc) is 2.38. The summed E-state index contributed by atoms with van der Waals surface area (Å²) in [4.78, 5) is 23.0. The molecule has 7 heteroatoms. The van der Waals surface area contributed by atoms with Crippen molar-refractivity contribution in [3.63, 3.8) is 0 Å². The van der Waals surface area contributed by atoms with Crippen LogP contribution in [0.5, 0.6) is 0 Å². The number of amides is 1. The number of carbonyl (C=O) groups is 2. The largest absolute Gasteiger partial charge is 0.444 e. The summed E-state index contributed by atoms with van der Waals surface area (Å²) < 4.78 is 32.2. The third-order valence-electron chi connectivity index (χ3n) is 2.68. The van der Waals surface area contributed by atoms with Gasteiger partial charge in [-0.25, -0.2) is 13.6 Å². The van der Waals surface area contributed by atoms with E-state index < -0.39 is 29.4 Å². The highest BCUT2D eigenvalue weighted by Crippen LogP contribution is 2.15. The maximum atomic E-state index is 13.8. The SMILES string of the molecule is CC(=O)SCC(Cc1cc(F)ccc1F)NC(=O)OC(C)(C)C. The van der Waals surface area contributed by atoms with Gasteiger partial charge in [-0.05, 0) is 51.0 Å². The predicted octanol–water partition coefficient (Wildman–Crippen LogP) is 3.68. The van der Waals surface area contributed by atoms with Gasteiger partial charge < -0.3 is 10.1 Å². The van der Waals surface area contributed by atoms with Crippen molar-refractivity contribution in [2.75, 3.05) is 5.75 Å². The van der Waals surface area contributed by atoms with Crippen molar-refractivity contribution in [1.82, 2.24) is 5.32 Å². The predicted molar refractivity (Wildman–Crippen MR) is 86.4 cm³/mol. The number of benzene rings is 1. The van der Waals surface area contributed by atoms with Crippen LogP contribution in [0.4, 0.5) is 13.6 Å². The molecule has 1 aromatic rings. The molecule has 1 aromatic carbocycles. The summed E-state index contributed by atoms with van der Waals surface area (Å²) in [5.41, 5.74) is -0.540. The Balaban J connectivity index is 2.81. The molecule has 0 saturated carbocycles. The highest BCUT2D eigenvalue weighted by molar-refractivity contribution is 8.13. The maximum absolute atomic E-state index is 13.8. The second-order valence-electron chi connectivity index (χ2n) is 6.09. The van der Waals surface area contributed by atoms with Crippen LogP contribution in [0.1, 0.15) is 33.3 Å². The monoisotopic (exact) mass is 345 g/mol. The first-order chi connectivity index (χ1) is 10.6. The van der Waals surface area contributed by atoms with Gasteiger partial charge in [0.25, 0.3) is 0 Å². The summed E-state index contributed by atoms with van der Waals surface area (Å²) in [6.45, 7) is 6.56. The molecular weight excluding hydrogens is 324 g/mol. The molecule has 128 valence electrons. The van der Waals surface area contributed by atoms with Gasteiger partial charge in [-0.15, -0.1) is 0 Å². The van der Waals surface area contributed by atoms with E-state index in [9.17, 15) is 18.4 Å². The highest BCUT2D eigenvalue weighted by atomic mass is 32.2. The van der Waals surface area contributed by atoms with Crippen LogP contribution in [0, 0.1) is 11.6 Å². The molecule has 0 heterocycles. The number of hydrogen-bond donors (Lipinski definition) is 1. The van der Waals surface area contributed by atoms with Crippen LogP contribution in [0.3, 0.4) is 0 Å². The first kappa shape index (κ1) is 19.4.